The molecule has 0 saturated carbocycles. The normalized spacial score (nSPS) is 14.9. The van der Waals surface area contributed by atoms with Crippen molar-refractivity contribution in [2.24, 2.45) is 0 Å². The van der Waals surface area contributed by atoms with Gasteiger partial charge in [-0.15, -0.1) is 0 Å². The number of aryl methyl sites for hydroxylation is 2. The number of benzene rings is 1. The van der Waals surface area contributed by atoms with E-state index in [0.29, 0.717) is 6.07 Å². The highest BCUT2D eigenvalue weighted by molar-refractivity contribution is 5.73. The molecule has 0 aliphatic heterocycles. The zero-order valence-corrected chi connectivity index (χ0v) is 15.4. The molecular formula is C19H13F9N2. The Labute approximate surface area is 165 Å². The Balaban J connectivity index is 3.02. The van der Waals surface area contributed by atoms with Gasteiger partial charge < -0.3 is 0 Å². The van der Waals surface area contributed by atoms with E-state index in [0.717, 1.165) is 25.3 Å². The summed E-state index contributed by atoms with van der Waals surface area (Å²) in [4.78, 5) is 3.59. The van der Waals surface area contributed by atoms with Crippen molar-refractivity contribution in [2.75, 3.05) is 0 Å². The second-order valence-corrected chi connectivity index (χ2v) is 6.47. The molecule has 2 nitrogen and oxygen atoms in total. The van der Waals surface area contributed by atoms with Crippen molar-refractivity contribution in [3.8, 4) is 17.2 Å². The van der Waals surface area contributed by atoms with E-state index in [1.165, 1.54) is 13.0 Å². The Hall–Kier alpha value is -2.77. The number of alkyl halides is 9. The van der Waals surface area contributed by atoms with Crippen molar-refractivity contribution in [1.29, 1.82) is 5.26 Å². The summed E-state index contributed by atoms with van der Waals surface area (Å²) < 4.78 is 123. The minimum atomic E-state index is -6.83. The fourth-order valence-corrected chi connectivity index (χ4v) is 3.06. The van der Waals surface area contributed by atoms with Crippen LogP contribution in [0.1, 0.15) is 29.3 Å². The molecule has 0 N–H and O–H groups in total. The first-order valence-corrected chi connectivity index (χ1v) is 8.32. The minimum Gasteiger partial charge on any atom is -0.245 e. The van der Waals surface area contributed by atoms with Crippen LogP contribution in [0, 0.1) is 18.3 Å². The van der Waals surface area contributed by atoms with E-state index in [9.17, 15) is 35.1 Å². The predicted octanol–water partition coefficient (Wildman–Crippen LogP) is 6.42. The molecule has 0 saturated heterocycles. The quantitative estimate of drug-likeness (QED) is 0.515. The summed E-state index contributed by atoms with van der Waals surface area (Å²) in [5.41, 5.74) is -9.50. The lowest BCUT2D eigenvalue weighted by atomic mass is 9.79. The number of hydrogen-bond acceptors (Lipinski definition) is 2. The Morgan fingerprint density at radius 2 is 1.53 bits per heavy atom. The van der Waals surface area contributed by atoms with Gasteiger partial charge in [0.15, 0.2) is 0 Å². The Bertz CT molecular complexity index is 970. The molecule has 0 fully saturated rings. The molecule has 11 heteroatoms. The van der Waals surface area contributed by atoms with Crippen molar-refractivity contribution < 1.29 is 39.5 Å². The fourth-order valence-electron chi connectivity index (χ4n) is 3.06. The van der Waals surface area contributed by atoms with Gasteiger partial charge in [0.25, 0.3) is 0 Å². The lowest BCUT2D eigenvalue weighted by molar-refractivity contribution is -0.389. The van der Waals surface area contributed by atoms with Crippen LogP contribution < -0.4 is 0 Å². The van der Waals surface area contributed by atoms with E-state index in [-0.39, 0.29) is 28.8 Å². The molecule has 0 aliphatic rings. The second kappa shape index (κ2) is 7.49. The van der Waals surface area contributed by atoms with Crippen molar-refractivity contribution in [1.82, 2.24) is 4.98 Å². The fraction of sp³-hybridized carbons (Fsp3) is 0.368. The topological polar surface area (TPSA) is 36.7 Å². The van der Waals surface area contributed by atoms with E-state index < -0.39 is 35.1 Å². The van der Waals surface area contributed by atoms with Crippen LogP contribution in [0.25, 0.3) is 11.1 Å². The standard InChI is InChI=1S/C19H13F9N2/c1-3-11-6-10(2)7-14(15(11)12-4-5-13(8-29)30-9-12)16(20,18(23,24)25)17(21,22)19(26,27)28/h4-7,9H,3H2,1-2H3. The molecule has 1 heterocycles. The maximum Gasteiger partial charge on any atom is 0.457 e. The summed E-state index contributed by atoms with van der Waals surface area (Å²) in [5.74, 6) is -6.79. The largest absolute Gasteiger partial charge is 0.457 e. The monoisotopic (exact) mass is 440 g/mol. The number of rotatable bonds is 4. The highest BCUT2D eigenvalue weighted by Gasteiger charge is 2.82. The van der Waals surface area contributed by atoms with Gasteiger partial charge in [-0.2, -0.15) is 40.4 Å². The second-order valence-electron chi connectivity index (χ2n) is 6.47. The number of hydrogen-bond donors (Lipinski definition) is 0. The van der Waals surface area contributed by atoms with Crippen molar-refractivity contribution in [3.05, 3.63) is 52.8 Å². The summed E-state index contributed by atoms with van der Waals surface area (Å²) in [6, 6.07) is 5.21. The molecule has 2 aromatic rings. The van der Waals surface area contributed by atoms with Crippen molar-refractivity contribution in [2.45, 2.75) is 44.2 Å². The average Bonchev–Trinajstić information content (AvgIpc) is 2.64. The van der Waals surface area contributed by atoms with Crippen molar-refractivity contribution in [3.63, 3.8) is 0 Å². The molecule has 1 aromatic heterocycles. The van der Waals surface area contributed by atoms with Gasteiger partial charge in [0.05, 0.1) is 0 Å². The van der Waals surface area contributed by atoms with Gasteiger partial charge in [0.2, 0.25) is 0 Å². The molecule has 0 spiro atoms. The Morgan fingerprint density at radius 1 is 0.933 bits per heavy atom. The van der Waals surface area contributed by atoms with E-state index in [1.807, 2.05) is 0 Å². The first-order chi connectivity index (χ1) is 13.6. The van der Waals surface area contributed by atoms with Gasteiger partial charge >= 0.3 is 23.9 Å². The number of aromatic nitrogens is 1. The molecule has 1 unspecified atom stereocenters. The van der Waals surface area contributed by atoms with Crippen LogP contribution >= 0.6 is 0 Å². The molecule has 0 aliphatic carbocycles. The maximum absolute atomic E-state index is 15.2. The number of nitrogens with zero attached hydrogens (tertiary/aromatic N) is 2. The minimum absolute atomic E-state index is 0.0965. The van der Waals surface area contributed by atoms with Gasteiger partial charge in [0.1, 0.15) is 11.8 Å². The molecule has 0 bridgehead atoms. The number of halogens is 9. The first kappa shape index (κ1) is 23.5. The lowest BCUT2D eigenvalue weighted by Crippen LogP contribution is -2.60. The zero-order chi connectivity index (χ0) is 23.1. The summed E-state index contributed by atoms with van der Waals surface area (Å²) in [7, 11) is 0. The van der Waals surface area contributed by atoms with Crippen LogP contribution in [0.4, 0.5) is 39.5 Å². The summed E-state index contributed by atoms with van der Waals surface area (Å²) >= 11 is 0. The third-order valence-electron chi connectivity index (χ3n) is 4.46. The van der Waals surface area contributed by atoms with Crippen LogP contribution in [0.5, 0.6) is 0 Å². The van der Waals surface area contributed by atoms with E-state index in [1.54, 1.807) is 6.07 Å². The van der Waals surface area contributed by atoms with Gasteiger partial charge in [-0.05, 0) is 36.6 Å². The third-order valence-corrected chi connectivity index (χ3v) is 4.46. The van der Waals surface area contributed by atoms with Gasteiger partial charge in [0, 0.05) is 17.3 Å². The number of nitriles is 1. The SMILES string of the molecule is CCc1cc(C)cc(C(F)(C(F)(F)F)C(F)(F)C(F)(F)F)c1-c1ccc(C#N)nc1. The smallest absolute Gasteiger partial charge is 0.245 e. The van der Waals surface area contributed by atoms with Gasteiger partial charge in [-0.1, -0.05) is 24.6 Å². The first-order valence-electron chi connectivity index (χ1n) is 8.32. The molecule has 1 atom stereocenters. The molecule has 162 valence electrons. The maximum atomic E-state index is 15.2. The highest BCUT2D eigenvalue weighted by Crippen LogP contribution is 2.60. The summed E-state index contributed by atoms with van der Waals surface area (Å²) in [6.45, 7) is 2.56. The zero-order valence-electron chi connectivity index (χ0n) is 15.4. The molecular weight excluding hydrogens is 427 g/mol. The summed E-state index contributed by atoms with van der Waals surface area (Å²) in [5, 5.41) is 8.78. The molecule has 2 rings (SSSR count). The van der Waals surface area contributed by atoms with Crippen LogP contribution in [0.2, 0.25) is 0 Å². The Kier molecular flexibility index (Phi) is 5.87. The van der Waals surface area contributed by atoms with Gasteiger partial charge in [-0.25, -0.2) is 9.37 Å². The molecule has 1 aromatic carbocycles. The third kappa shape index (κ3) is 3.59. The van der Waals surface area contributed by atoms with E-state index >= 15 is 4.39 Å². The average molecular weight is 440 g/mol. The lowest BCUT2D eigenvalue weighted by Gasteiger charge is -2.37. The highest BCUT2D eigenvalue weighted by atomic mass is 19.4. The molecule has 30 heavy (non-hydrogen) atoms. The summed E-state index contributed by atoms with van der Waals surface area (Å²) in [6.07, 6.45) is -12.7. The Morgan fingerprint density at radius 3 is 1.93 bits per heavy atom. The molecule has 0 radical (unpaired) electrons. The molecule has 0 amide bonds. The van der Waals surface area contributed by atoms with Crippen LogP contribution in [-0.4, -0.2) is 23.3 Å². The van der Waals surface area contributed by atoms with Gasteiger partial charge in [-0.3, -0.25) is 0 Å². The number of pyridine rings is 1. The van der Waals surface area contributed by atoms with E-state index in [4.69, 9.17) is 5.26 Å². The van der Waals surface area contributed by atoms with Crippen LogP contribution in [-0.2, 0) is 12.1 Å². The predicted molar refractivity (Wildman–Crippen MR) is 88.3 cm³/mol. The van der Waals surface area contributed by atoms with Crippen LogP contribution in [0.3, 0.4) is 0 Å². The van der Waals surface area contributed by atoms with Crippen LogP contribution in [0.15, 0.2) is 30.5 Å². The van der Waals surface area contributed by atoms with E-state index in [2.05, 4.69) is 4.98 Å². The van der Waals surface area contributed by atoms with Crippen molar-refractivity contribution >= 4 is 0 Å².